The number of carbonyl (C=O) groups is 1. The van der Waals surface area contributed by atoms with Crippen molar-refractivity contribution in [3.8, 4) is 17.0 Å². The summed E-state index contributed by atoms with van der Waals surface area (Å²) < 4.78 is 12.9. The number of allylic oxidation sites excluding steroid dienone is 1. The highest BCUT2D eigenvalue weighted by atomic mass is 32.1. The number of aromatic nitrogens is 2. The molecule has 1 aliphatic rings. The molecule has 8 heteroatoms. The highest BCUT2D eigenvalue weighted by molar-refractivity contribution is 7.07. The van der Waals surface area contributed by atoms with Crippen molar-refractivity contribution in [2.75, 3.05) is 13.7 Å². The van der Waals surface area contributed by atoms with Crippen molar-refractivity contribution < 1.29 is 14.3 Å². The SMILES string of the molecule is CCOC(=O)C1=C(C)N=c2s/c(=C/c3c(-c4ccccc4)[nH]c4c(C)cccc34)c(=O)n2[C@@H]1c1ccc(OC)cc1. The molecule has 0 saturated carbocycles. The Kier molecular flexibility index (Phi) is 6.93. The zero-order valence-electron chi connectivity index (χ0n) is 23.2. The molecule has 5 aromatic rings. The number of rotatable bonds is 6. The van der Waals surface area contributed by atoms with Crippen LogP contribution in [0.5, 0.6) is 5.75 Å². The maximum absolute atomic E-state index is 14.2. The van der Waals surface area contributed by atoms with E-state index in [1.54, 1.807) is 25.5 Å². The number of aromatic amines is 1. The maximum Gasteiger partial charge on any atom is 0.338 e. The summed E-state index contributed by atoms with van der Waals surface area (Å²) in [6.07, 6.45) is 1.94. The number of nitrogens with one attached hydrogen (secondary N) is 1. The first-order valence-corrected chi connectivity index (χ1v) is 14.2. The molecule has 6 rings (SSSR count). The monoisotopic (exact) mass is 563 g/mol. The third kappa shape index (κ3) is 4.60. The summed E-state index contributed by atoms with van der Waals surface area (Å²) in [6.45, 7) is 5.84. The van der Waals surface area contributed by atoms with Crippen LogP contribution in [0.1, 0.15) is 36.6 Å². The second kappa shape index (κ2) is 10.7. The molecule has 2 aromatic heterocycles. The molecule has 0 radical (unpaired) electrons. The largest absolute Gasteiger partial charge is 0.497 e. The third-order valence-corrected chi connectivity index (χ3v) is 8.35. The number of methoxy groups -OCH3 is 1. The molecule has 1 atom stereocenters. The van der Waals surface area contributed by atoms with Crippen molar-refractivity contribution in [1.82, 2.24) is 9.55 Å². The molecule has 0 saturated heterocycles. The van der Waals surface area contributed by atoms with Crippen molar-refractivity contribution in [2.24, 2.45) is 4.99 Å². The summed E-state index contributed by atoms with van der Waals surface area (Å²) in [5, 5.41) is 1.03. The van der Waals surface area contributed by atoms with Gasteiger partial charge < -0.3 is 14.5 Å². The summed E-state index contributed by atoms with van der Waals surface area (Å²) in [6, 6.07) is 23.0. The second-order valence-corrected chi connectivity index (χ2v) is 10.9. The fourth-order valence-corrected chi connectivity index (χ4v) is 6.42. The van der Waals surface area contributed by atoms with Crippen LogP contribution in [-0.4, -0.2) is 29.2 Å². The van der Waals surface area contributed by atoms with Gasteiger partial charge in [0.1, 0.15) is 5.75 Å². The van der Waals surface area contributed by atoms with Crippen molar-refractivity contribution in [1.29, 1.82) is 0 Å². The molecule has 41 heavy (non-hydrogen) atoms. The highest BCUT2D eigenvalue weighted by Gasteiger charge is 2.33. The molecular formula is C33H29N3O4S. The number of benzene rings is 3. The van der Waals surface area contributed by atoms with Crippen molar-refractivity contribution >= 4 is 34.3 Å². The van der Waals surface area contributed by atoms with Gasteiger partial charge in [0, 0.05) is 16.5 Å². The summed E-state index contributed by atoms with van der Waals surface area (Å²) in [5.41, 5.74) is 6.48. The zero-order valence-corrected chi connectivity index (χ0v) is 24.0. The zero-order chi connectivity index (χ0) is 28.7. The summed E-state index contributed by atoms with van der Waals surface area (Å²) in [5.74, 6) is 0.199. The molecule has 0 amide bonds. The van der Waals surface area contributed by atoms with Gasteiger partial charge in [-0.25, -0.2) is 9.79 Å². The Labute approximate surface area is 240 Å². The maximum atomic E-state index is 14.2. The molecule has 0 aliphatic carbocycles. The van der Waals surface area contributed by atoms with E-state index in [-0.39, 0.29) is 12.2 Å². The van der Waals surface area contributed by atoms with Crippen LogP contribution in [-0.2, 0) is 9.53 Å². The standard InChI is InChI=1S/C33H29N3O4S/c1-5-40-32(38)27-20(3)34-33-36(30(27)22-14-16-23(39-4)17-15-22)31(37)26(41-33)18-25-24-13-9-10-19(2)28(24)35-29(25)21-11-7-6-8-12-21/h6-18,30,35H,5H2,1-4H3/b26-18+/t30-/m1/s1. The van der Waals surface area contributed by atoms with E-state index in [2.05, 4.69) is 36.2 Å². The van der Waals surface area contributed by atoms with Crippen molar-refractivity contribution in [2.45, 2.75) is 26.8 Å². The molecule has 0 fully saturated rings. The molecule has 0 unspecified atom stereocenters. The molecule has 3 aromatic carbocycles. The number of hydrogen-bond donors (Lipinski definition) is 1. The molecule has 0 bridgehead atoms. The fraction of sp³-hybridized carbons (Fsp3) is 0.182. The van der Waals surface area contributed by atoms with Crippen LogP contribution >= 0.6 is 11.3 Å². The van der Waals surface area contributed by atoms with Crippen LogP contribution in [0.3, 0.4) is 0 Å². The summed E-state index contributed by atoms with van der Waals surface area (Å²) in [4.78, 5) is 36.2. The number of hydrogen-bond acceptors (Lipinski definition) is 6. The van der Waals surface area contributed by atoms with Gasteiger partial charge >= 0.3 is 5.97 Å². The van der Waals surface area contributed by atoms with E-state index >= 15 is 0 Å². The van der Waals surface area contributed by atoms with Crippen LogP contribution in [0.15, 0.2) is 93.9 Å². The highest BCUT2D eigenvalue weighted by Crippen LogP contribution is 2.34. The Morgan fingerprint density at radius 3 is 2.51 bits per heavy atom. The average Bonchev–Trinajstić information content (AvgIpc) is 3.51. The summed E-state index contributed by atoms with van der Waals surface area (Å²) in [7, 11) is 1.60. The number of nitrogens with zero attached hydrogens (tertiary/aromatic N) is 2. The number of esters is 1. The van der Waals surface area contributed by atoms with Gasteiger partial charge in [0.05, 0.1) is 41.3 Å². The van der Waals surface area contributed by atoms with Gasteiger partial charge in [-0.2, -0.15) is 0 Å². The number of thiazole rings is 1. The quantitative estimate of drug-likeness (QED) is 0.286. The van der Waals surface area contributed by atoms with Crippen molar-refractivity contribution in [3.63, 3.8) is 0 Å². The van der Waals surface area contributed by atoms with Gasteiger partial charge in [0.15, 0.2) is 4.80 Å². The van der Waals surface area contributed by atoms with Gasteiger partial charge in [0.25, 0.3) is 5.56 Å². The first kappa shape index (κ1) is 26.5. The Bertz CT molecular complexity index is 2000. The minimum Gasteiger partial charge on any atom is -0.497 e. The Morgan fingerprint density at radius 1 is 1.05 bits per heavy atom. The van der Waals surface area contributed by atoms with E-state index in [0.717, 1.165) is 38.9 Å². The minimum atomic E-state index is -0.683. The van der Waals surface area contributed by atoms with E-state index in [1.807, 2.05) is 54.6 Å². The van der Waals surface area contributed by atoms with Gasteiger partial charge in [0.2, 0.25) is 0 Å². The fourth-order valence-electron chi connectivity index (χ4n) is 5.39. The van der Waals surface area contributed by atoms with E-state index < -0.39 is 12.0 Å². The number of para-hydroxylation sites is 1. The van der Waals surface area contributed by atoms with Gasteiger partial charge in [-0.1, -0.05) is 72.0 Å². The average molecular weight is 564 g/mol. The van der Waals surface area contributed by atoms with Crippen LogP contribution in [0.2, 0.25) is 0 Å². The van der Waals surface area contributed by atoms with E-state index in [9.17, 15) is 9.59 Å². The summed E-state index contributed by atoms with van der Waals surface area (Å²) >= 11 is 1.32. The number of aryl methyl sites for hydroxylation is 1. The Hall–Kier alpha value is -4.69. The molecule has 206 valence electrons. The number of ether oxygens (including phenoxy) is 2. The molecule has 1 N–H and O–H groups in total. The Balaban J connectivity index is 1.61. The smallest absolute Gasteiger partial charge is 0.338 e. The van der Waals surface area contributed by atoms with Crippen LogP contribution in [0.25, 0.3) is 28.2 Å². The lowest BCUT2D eigenvalue weighted by Gasteiger charge is -2.24. The lowest BCUT2D eigenvalue weighted by atomic mass is 9.96. The van der Waals surface area contributed by atoms with E-state index in [4.69, 9.17) is 14.5 Å². The van der Waals surface area contributed by atoms with Gasteiger partial charge in [-0.3, -0.25) is 9.36 Å². The van der Waals surface area contributed by atoms with E-state index in [1.165, 1.54) is 11.3 Å². The lowest BCUT2D eigenvalue weighted by molar-refractivity contribution is -0.139. The normalized spacial score (nSPS) is 15.1. The van der Waals surface area contributed by atoms with Crippen LogP contribution < -0.4 is 19.6 Å². The third-order valence-electron chi connectivity index (χ3n) is 7.37. The number of fused-ring (bicyclic) bond motifs is 2. The number of carbonyl (C=O) groups excluding carboxylic acids is 1. The molecule has 3 heterocycles. The first-order valence-electron chi connectivity index (χ1n) is 13.4. The predicted molar refractivity (Wildman–Crippen MR) is 162 cm³/mol. The minimum absolute atomic E-state index is 0.218. The molecule has 1 aliphatic heterocycles. The number of H-pyrrole nitrogens is 1. The molecular weight excluding hydrogens is 534 g/mol. The van der Waals surface area contributed by atoms with Crippen LogP contribution in [0.4, 0.5) is 0 Å². The molecule has 7 nitrogen and oxygen atoms in total. The second-order valence-electron chi connectivity index (χ2n) is 9.85. The van der Waals surface area contributed by atoms with Crippen molar-refractivity contribution in [3.05, 3.63) is 120 Å². The predicted octanol–water partition coefficient (Wildman–Crippen LogP) is 5.26. The van der Waals surface area contributed by atoms with Gasteiger partial charge in [-0.15, -0.1) is 0 Å². The van der Waals surface area contributed by atoms with E-state index in [0.29, 0.717) is 26.4 Å². The van der Waals surface area contributed by atoms with Gasteiger partial charge in [-0.05, 0) is 55.7 Å². The molecule has 0 spiro atoms. The topological polar surface area (TPSA) is 85.7 Å². The Morgan fingerprint density at radius 2 is 1.80 bits per heavy atom. The van der Waals surface area contributed by atoms with Crippen LogP contribution in [0, 0.1) is 6.92 Å². The first-order chi connectivity index (χ1) is 19.9. The lowest BCUT2D eigenvalue weighted by Crippen LogP contribution is -2.39.